The number of ether oxygens (including phenoxy) is 1. The van der Waals surface area contributed by atoms with Crippen LogP contribution in [0.1, 0.15) is 28.8 Å². The Hall–Kier alpha value is -3.07. The van der Waals surface area contributed by atoms with Gasteiger partial charge in [-0.05, 0) is 48.7 Å². The largest absolute Gasteiger partial charge is 0.457 e. The molecule has 0 unspecified atom stereocenters. The maximum Gasteiger partial charge on any atom is 0.252 e. The van der Waals surface area contributed by atoms with E-state index in [0.717, 1.165) is 18.6 Å². The molecule has 3 heteroatoms. The maximum atomic E-state index is 12.7. The van der Waals surface area contributed by atoms with Gasteiger partial charge in [-0.25, -0.2) is 0 Å². The lowest BCUT2D eigenvalue weighted by molar-refractivity contribution is 0.0930. The van der Waals surface area contributed by atoms with Gasteiger partial charge >= 0.3 is 0 Å². The first-order valence-electron chi connectivity index (χ1n) is 8.46. The number of rotatable bonds is 5. The van der Waals surface area contributed by atoms with E-state index in [1.807, 2.05) is 66.7 Å². The van der Waals surface area contributed by atoms with Gasteiger partial charge in [-0.2, -0.15) is 0 Å². The second-order valence-electron chi connectivity index (χ2n) is 6.35. The van der Waals surface area contributed by atoms with Gasteiger partial charge in [0.1, 0.15) is 11.5 Å². The average molecular weight is 329 g/mol. The zero-order chi connectivity index (χ0) is 17.1. The molecule has 0 aromatic heterocycles. The normalized spacial score (nSPS) is 14.6. The van der Waals surface area contributed by atoms with Crippen molar-refractivity contribution in [1.82, 2.24) is 5.32 Å². The standard InChI is InChI=1S/C22H19NO2/c24-21(23-22(14-15-22)18-9-3-1-4-10-18)17-8-7-13-20(16-17)25-19-11-5-2-6-12-19/h1-13,16H,14-15H2,(H,23,24). The fourth-order valence-corrected chi connectivity index (χ4v) is 2.98. The summed E-state index contributed by atoms with van der Waals surface area (Å²) in [7, 11) is 0. The Morgan fingerprint density at radius 1 is 0.800 bits per heavy atom. The molecule has 0 bridgehead atoms. The molecule has 3 nitrogen and oxygen atoms in total. The zero-order valence-corrected chi connectivity index (χ0v) is 13.8. The van der Waals surface area contributed by atoms with E-state index in [0.29, 0.717) is 11.3 Å². The Balaban J connectivity index is 1.50. The Morgan fingerprint density at radius 3 is 2.12 bits per heavy atom. The van der Waals surface area contributed by atoms with Gasteiger partial charge in [0, 0.05) is 5.56 Å². The molecule has 0 radical (unpaired) electrons. The summed E-state index contributed by atoms with van der Waals surface area (Å²) in [4.78, 5) is 12.7. The molecule has 0 spiro atoms. The van der Waals surface area contributed by atoms with Crippen LogP contribution in [0.25, 0.3) is 0 Å². The zero-order valence-electron chi connectivity index (χ0n) is 13.8. The van der Waals surface area contributed by atoms with Gasteiger partial charge < -0.3 is 10.1 Å². The number of carbonyl (C=O) groups excluding carboxylic acids is 1. The molecule has 3 aromatic carbocycles. The van der Waals surface area contributed by atoms with E-state index in [1.165, 1.54) is 5.56 Å². The van der Waals surface area contributed by atoms with E-state index in [4.69, 9.17) is 4.74 Å². The predicted octanol–water partition coefficient (Wildman–Crippen LogP) is 4.90. The smallest absolute Gasteiger partial charge is 0.252 e. The van der Waals surface area contributed by atoms with Crippen LogP contribution >= 0.6 is 0 Å². The summed E-state index contributed by atoms with van der Waals surface area (Å²) in [6.07, 6.45) is 1.95. The molecule has 124 valence electrons. The molecule has 1 amide bonds. The lowest BCUT2D eigenvalue weighted by atomic mass is 10.0. The van der Waals surface area contributed by atoms with Crippen molar-refractivity contribution in [2.75, 3.05) is 0 Å². The molecule has 1 saturated carbocycles. The van der Waals surface area contributed by atoms with E-state index in [9.17, 15) is 4.79 Å². The Kier molecular flexibility index (Phi) is 3.98. The third kappa shape index (κ3) is 3.41. The molecule has 0 saturated heterocycles. The molecule has 25 heavy (non-hydrogen) atoms. The van der Waals surface area contributed by atoms with E-state index < -0.39 is 0 Å². The molecule has 1 fully saturated rings. The quantitative estimate of drug-likeness (QED) is 0.723. The number of nitrogens with one attached hydrogen (secondary N) is 1. The second-order valence-corrected chi connectivity index (χ2v) is 6.35. The maximum absolute atomic E-state index is 12.7. The summed E-state index contributed by atoms with van der Waals surface area (Å²) >= 11 is 0. The Labute approximate surface area is 147 Å². The van der Waals surface area contributed by atoms with Crippen LogP contribution in [0.5, 0.6) is 11.5 Å². The minimum Gasteiger partial charge on any atom is -0.457 e. The molecule has 4 rings (SSSR count). The van der Waals surface area contributed by atoms with Crippen molar-refractivity contribution in [1.29, 1.82) is 0 Å². The third-order valence-corrected chi connectivity index (χ3v) is 4.50. The summed E-state index contributed by atoms with van der Waals surface area (Å²) in [6.45, 7) is 0. The van der Waals surface area contributed by atoms with Crippen molar-refractivity contribution in [3.8, 4) is 11.5 Å². The van der Waals surface area contributed by atoms with E-state index >= 15 is 0 Å². The first-order chi connectivity index (χ1) is 12.3. The fourth-order valence-electron chi connectivity index (χ4n) is 2.98. The fraction of sp³-hybridized carbons (Fsp3) is 0.136. The van der Waals surface area contributed by atoms with Crippen LogP contribution < -0.4 is 10.1 Å². The molecule has 1 N–H and O–H groups in total. The van der Waals surface area contributed by atoms with Crippen LogP contribution in [0.2, 0.25) is 0 Å². The van der Waals surface area contributed by atoms with Crippen molar-refractivity contribution in [2.24, 2.45) is 0 Å². The van der Waals surface area contributed by atoms with E-state index in [1.54, 1.807) is 6.07 Å². The first kappa shape index (κ1) is 15.5. The highest BCUT2D eigenvalue weighted by molar-refractivity contribution is 5.95. The van der Waals surface area contributed by atoms with Gasteiger partial charge in [-0.1, -0.05) is 54.6 Å². The third-order valence-electron chi connectivity index (χ3n) is 4.50. The monoisotopic (exact) mass is 329 g/mol. The molecule has 0 atom stereocenters. The lowest BCUT2D eigenvalue weighted by Crippen LogP contribution is -2.34. The van der Waals surface area contributed by atoms with Crippen molar-refractivity contribution in [3.05, 3.63) is 96.1 Å². The molecular weight excluding hydrogens is 310 g/mol. The number of hydrogen-bond acceptors (Lipinski definition) is 2. The molecular formula is C22H19NO2. The van der Waals surface area contributed by atoms with E-state index in [2.05, 4.69) is 17.4 Å². The average Bonchev–Trinajstić information content (AvgIpc) is 3.44. The summed E-state index contributed by atoms with van der Waals surface area (Å²) in [5.41, 5.74) is 1.56. The van der Waals surface area contributed by atoms with Crippen molar-refractivity contribution in [2.45, 2.75) is 18.4 Å². The summed E-state index contributed by atoms with van der Waals surface area (Å²) in [6, 6.07) is 27.0. The highest BCUT2D eigenvalue weighted by Crippen LogP contribution is 2.45. The van der Waals surface area contributed by atoms with Crippen molar-refractivity contribution >= 4 is 5.91 Å². The van der Waals surface area contributed by atoms with Crippen LogP contribution in [0.4, 0.5) is 0 Å². The predicted molar refractivity (Wildman–Crippen MR) is 97.8 cm³/mol. The first-order valence-corrected chi connectivity index (χ1v) is 8.46. The van der Waals surface area contributed by atoms with Gasteiger partial charge in [0.2, 0.25) is 0 Å². The molecule has 1 aliphatic carbocycles. The number of amides is 1. The van der Waals surface area contributed by atoms with Gasteiger partial charge in [0.15, 0.2) is 0 Å². The van der Waals surface area contributed by atoms with Crippen molar-refractivity contribution in [3.63, 3.8) is 0 Å². The van der Waals surface area contributed by atoms with Crippen molar-refractivity contribution < 1.29 is 9.53 Å². The van der Waals surface area contributed by atoms with Gasteiger partial charge in [0.05, 0.1) is 5.54 Å². The Bertz CT molecular complexity index is 871. The minimum absolute atomic E-state index is 0.0696. The summed E-state index contributed by atoms with van der Waals surface area (Å²) in [5, 5.41) is 3.20. The van der Waals surface area contributed by atoms with Crippen LogP contribution in [-0.4, -0.2) is 5.91 Å². The molecule has 1 aliphatic rings. The van der Waals surface area contributed by atoms with Crippen LogP contribution in [-0.2, 0) is 5.54 Å². The summed E-state index contributed by atoms with van der Waals surface area (Å²) in [5.74, 6) is 1.34. The minimum atomic E-state index is -0.214. The van der Waals surface area contributed by atoms with Crippen LogP contribution in [0.3, 0.4) is 0 Å². The van der Waals surface area contributed by atoms with Gasteiger partial charge in [0.25, 0.3) is 5.91 Å². The Morgan fingerprint density at radius 2 is 1.44 bits per heavy atom. The lowest BCUT2D eigenvalue weighted by Gasteiger charge is -2.18. The summed E-state index contributed by atoms with van der Waals surface area (Å²) < 4.78 is 5.82. The van der Waals surface area contributed by atoms with Gasteiger partial charge in [-0.15, -0.1) is 0 Å². The second kappa shape index (κ2) is 6.44. The highest BCUT2D eigenvalue weighted by Gasteiger charge is 2.45. The number of carbonyl (C=O) groups is 1. The number of hydrogen-bond donors (Lipinski definition) is 1. The van der Waals surface area contributed by atoms with Crippen LogP contribution in [0, 0.1) is 0 Å². The number of benzene rings is 3. The van der Waals surface area contributed by atoms with E-state index in [-0.39, 0.29) is 11.4 Å². The molecule has 3 aromatic rings. The highest BCUT2D eigenvalue weighted by atomic mass is 16.5. The molecule has 0 aliphatic heterocycles. The number of para-hydroxylation sites is 1. The van der Waals surface area contributed by atoms with Gasteiger partial charge in [-0.3, -0.25) is 4.79 Å². The molecule has 0 heterocycles. The SMILES string of the molecule is O=C(NC1(c2ccccc2)CC1)c1cccc(Oc2ccccc2)c1. The van der Waals surface area contributed by atoms with Crippen LogP contribution in [0.15, 0.2) is 84.9 Å². The topological polar surface area (TPSA) is 38.3 Å².